The van der Waals surface area contributed by atoms with E-state index in [-0.39, 0.29) is 25.4 Å². The molecule has 4 rings (SSSR count). The summed E-state index contributed by atoms with van der Waals surface area (Å²) in [5.74, 6) is 0.569. The molecule has 1 aromatic heterocycles. The normalized spacial score (nSPS) is 15.3. The van der Waals surface area contributed by atoms with Gasteiger partial charge >= 0.3 is 6.18 Å². The van der Waals surface area contributed by atoms with Crippen molar-refractivity contribution >= 4 is 29.1 Å². The van der Waals surface area contributed by atoms with E-state index >= 15 is 0 Å². The summed E-state index contributed by atoms with van der Waals surface area (Å²) < 4.78 is 52.2. The Morgan fingerprint density at radius 1 is 1.05 bits per heavy atom. The second-order valence-corrected chi connectivity index (χ2v) is 9.89. The number of alkyl halides is 3. The van der Waals surface area contributed by atoms with Gasteiger partial charge in [0.25, 0.3) is 0 Å². The van der Waals surface area contributed by atoms with Gasteiger partial charge < -0.3 is 19.7 Å². The molecule has 2 amide bonds. The van der Waals surface area contributed by atoms with Crippen LogP contribution in [0.5, 0.6) is 17.2 Å². The molecule has 214 valence electrons. The van der Waals surface area contributed by atoms with Crippen molar-refractivity contribution in [2.24, 2.45) is 0 Å². The van der Waals surface area contributed by atoms with Gasteiger partial charge in [0.1, 0.15) is 0 Å². The minimum absolute atomic E-state index is 0.0398. The largest absolute Gasteiger partial charge is 0.490 e. The molecule has 0 unspecified atom stereocenters. The van der Waals surface area contributed by atoms with Gasteiger partial charge in [-0.25, -0.2) is 0 Å². The lowest BCUT2D eigenvalue weighted by Gasteiger charge is -2.23. The third kappa shape index (κ3) is 7.91. The highest BCUT2D eigenvalue weighted by Crippen LogP contribution is 2.36. The first-order valence-corrected chi connectivity index (χ1v) is 13.4. The molecule has 0 atom stereocenters. The van der Waals surface area contributed by atoms with Crippen molar-refractivity contribution < 1.29 is 32.2 Å². The number of anilines is 1. The first kappa shape index (κ1) is 29.3. The molecular weight excluding hydrogens is 549 g/mol. The van der Waals surface area contributed by atoms with Gasteiger partial charge in [0.15, 0.2) is 22.9 Å². The standard InChI is InChI=1S/C28H30ClF3N4O4/c1-19-16-25(28(30,31)32)34-36(19)14-12-27(38)35-13-6-2-3-7-15-39-23-8-4-5-9-24(23)40-22-11-10-20(29)17-21(22)33-26(37)18-35/h4-5,8-11,16-17H,2-3,6-7,12-15,18H2,1H3,(H,33,37). The van der Waals surface area contributed by atoms with Crippen LogP contribution in [0.1, 0.15) is 43.5 Å². The number of aromatic nitrogens is 2. The number of aryl methyl sites for hydroxylation is 2. The molecule has 2 aromatic carbocycles. The minimum atomic E-state index is -4.57. The lowest BCUT2D eigenvalue weighted by molar-refractivity contribution is -0.141. The number of fused-ring (bicyclic) bond motifs is 2. The Kier molecular flexibility index (Phi) is 9.57. The fourth-order valence-corrected chi connectivity index (χ4v) is 4.46. The maximum absolute atomic E-state index is 13.1. The summed E-state index contributed by atoms with van der Waals surface area (Å²) in [5.41, 5.74) is -0.394. The molecule has 3 aromatic rings. The summed E-state index contributed by atoms with van der Waals surface area (Å²) in [6.07, 6.45) is -1.58. The number of hydrogen-bond acceptors (Lipinski definition) is 5. The zero-order chi connectivity index (χ0) is 28.7. The number of carbonyl (C=O) groups is 2. The molecule has 40 heavy (non-hydrogen) atoms. The van der Waals surface area contributed by atoms with Crippen LogP contribution < -0.4 is 14.8 Å². The monoisotopic (exact) mass is 578 g/mol. The van der Waals surface area contributed by atoms with Gasteiger partial charge in [-0.2, -0.15) is 18.3 Å². The SMILES string of the molecule is Cc1cc(C(F)(F)F)nn1CCC(=O)N1CCCCCCOc2ccccc2Oc2ccc(Cl)cc2NC(=O)C1. The highest BCUT2D eigenvalue weighted by molar-refractivity contribution is 6.31. The van der Waals surface area contributed by atoms with Gasteiger partial charge in [0, 0.05) is 30.2 Å². The molecule has 0 spiro atoms. The van der Waals surface area contributed by atoms with Crippen molar-refractivity contribution in [2.45, 2.75) is 51.7 Å². The van der Waals surface area contributed by atoms with E-state index in [1.165, 1.54) is 11.8 Å². The maximum atomic E-state index is 13.1. The van der Waals surface area contributed by atoms with Crippen molar-refractivity contribution in [3.8, 4) is 17.2 Å². The lowest BCUT2D eigenvalue weighted by Crippen LogP contribution is -2.39. The predicted molar refractivity (Wildman–Crippen MR) is 144 cm³/mol. The highest BCUT2D eigenvalue weighted by Gasteiger charge is 2.34. The second kappa shape index (κ2) is 13.1. The van der Waals surface area contributed by atoms with Crippen molar-refractivity contribution in [2.75, 3.05) is 25.0 Å². The third-order valence-corrected chi connectivity index (χ3v) is 6.60. The minimum Gasteiger partial charge on any atom is -0.490 e. The Hall–Kier alpha value is -3.73. The number of ether oxygens (including phenoxy) is 2. The number of benzene rings is 2. The Labute approximate surface area is 235 Å². The van der Waals surface area contributed by atoms with E-state index in [0.717, 1.165) is 30.0 Å². The molecule has 0 bridgehead atoms. The molecule has 0 radical (unpaired) electrons. The van der Waals surface area contributed by atoms with Crippen LogP contribution in [0.15, 0.2) is 48.5 Å². The van der Waals surface area contributed by atoms with Gasteiger partial charge in [-0.05, 0) is 56.2 Å². The quantitative estimate of drug-likeness (QED) is 0.385. The van der Waals surface area contributed by atoms with Crippen LogP contribution in [0, 0.1) is 6.92 Å². The third-order valence-electron chi connectivity index (χ3n) is 6.36. The van der Waals surface area contributed by atoms with Crippen molar-refractivity contribution in [1.29, 1.82) is 0 Å². The Morgan fingerprint density at radius 3 is 2.55 bits per heavy atom. The molecule has 1 aliphatic heterocycles. The van der Waals surface area contributed by atoms with E-state index in [0.29, 0.717) is 53.2 Å². The Morgan fingerprint density at radius 2 is 1.80 bits per heavy atom. The van der Waals surface area contributed by atoms with Crippen LogP contribution >= 0.6 is 11.6 Å². The molecular formula is C28H30ClF3N4O4. The lowest BCUT2D eigenvalue weighted by atomic mass is 10.2. The number of para-hydroxylation sites is 2. The van der Waals surface area contributed by atoms with Crippen molar-refractivity contribution in [1.82, 2.24) is 14.7 Å². The van der Waals surface area contributed by atoms with Gasteiger partial charge in [0.2, 0.25) is 11.8 Å². The topological polar surface area (TPSA) is 85.7 Å². The first-order chi connectivity index (χ1) is 19.1. The summed E-state index contributed by atoms with van der Waals surface area (Å²) in [4.78, 5) is 27.6. The summed E-state index contributed by atoms with van der Waals surface area (Å²) in [6.45, 7) is 2.02. The number of rotatable bonds is 3. The number of nitrogens with one attached hydrogen (secondary N) is 1. The van der Waals surface area contributed by atoms with Crippen molar-refractivity contribution in [3.05, 3.63) is 64.9 Å². The Balaban J connectivity index is 1.50. The van der Waals surface area contributed by atoms with E-state index in [2.05, 4.69) is 10.4 Å². The molecule has 2 heterocycles. The average molecular weight is 579 g/mol. The van der Waals surface area contributed by atoms with Crippen molar-refractivity contribution in [3.63, 3.8) is 0 Å². The van der Waals surface area contributed by atoms with E-state index in [1.54, 1.807) is 24.3 Å². The number of hydrogen-bond donors (Lipinski definition) is 1. The fourth-order valence-electron chi connectivity index (χ4n) is 4.29. The summed E-state index contributed by atoms with van der Waals surface area (Å²) in [7, 11) is 0. The molecule has 0 aliphatic carbocycles. The first-order valence-electron chi connectivity index (χ1n) is 13.0. The predicted octanol–water partition coefficient (Wildman–Crippen LogP) is 6.47. The molecule has 12 heteroatoms. The molecule has 0 saturated heterocycles. The van der Waals surface area contributed by atoms with Crippen LogP contribution in [0.3, 0.4) is 0 Å². The highest BCUT2D eigenvalue weighted by atomic mass is 35.5. The van der Waals surface area contributed by atoms with Crippen LogP contribution in [0.4, 0.5) is 18.9 Å². The molecule has 8 nitrogen and oxygen atoms in total. The zero-order valence-corrected chi connectivity index (χ0v) is 22.7. The molecule has 0 saturated carbocycles. The average Bonchev–Trinajstić information content (AvgIpc) is 3.28. The number of nitrogens with zero attached hydrogens (tertiary/aromatic N) is 3. The van der Waals surface area contributed by atoms with Gasteiger partial charge in [-0.3, -0.25) is 14.3 Å². The van der Waals surface area contributed by atoms with Crippen LogP contribution in [-0.4, -0.2) is 46.2 Å². The van der Waals surface area contributed by atoms with Gasteiger partial charge in [-0.15, -0.1) is 0 Å². The number of halogens is 4. The van der Waals surface area contributed by atoms with E-state index in [9.17, 15) is 22.8 Å². The van der Waals surface area contributed by atoms with Gasteiger partial charge in [0.05, 0.1) is 18.8 Å². The number of carbonyl (C=O) groups excluding carboxylic acids is 2. The summed E-state index contributed by atoms with van der Waals surface area (Å²) in [5, 5.41) is 6.74. The maximum Gasteiger partial charge on any atom is 0.435 e. The zero-order valence-electron chi connectivity index (χ0n) is 22.0. The Bertz CT molecular complexity index is 1350. The fraction of sp³-hybridized carbons (Fsp3) is 0.393. The van der Waals surface area contributed by atoms with E-state index in [4.69, 9.17) is 21.1 Å². The second-order valence-electron chi connectivity index (χ2n) is 9.46. The molecule has 1 aliphatic rings. The summed E-state index contributed by atoms with van der Waals surface area (Å²) >= 11 is 6.18. The summed E-state index contributed by atoms with van der Waals surface area (Å²) in [6, 6.07) is 13.0. The van der Waals surface area contributed by atoms with Crippen LogP contribution in [0.25, 0.3) is 0 Å². The van der Waals surface area contributed by atoms with Gasteiger partial charge in [-0.1, -0.05) is 36.6 Å². The smallest absolute Gasteiger partial charge is 0.435 e. The molecule has 0 fully saturated rings. The number of amides is 2. The van der Waals surface area contributed by atoms with Crippen LogP contribution in [-0.2, 0) is 22.3 Å². The van der Waals surface area contributed by atoms with Crippen LogP contribution in [0.2, 0.25) is 5.02 Å². The van der Waals surface area contributed by atoms with E-state index in [1.807, 2.05) is 18.2 Å². The molecule has 1 N–H and O–H groups in total. The van der Waals surface area contributed by atoms with E-state index < -0.39 is 17.8 Å².